The van der Waals surface area contributed by atoms with Gasteiger partial charge >= 0.3 is 0 Å². The van der Waals surface area contributed by atoms with Crippen molar-refractivity contribution in [3.63, 3.8) is 0 Å². The van der Waals surface area contributed by atoms with Gasteiger partial charge < -0.3 is 10.6 Å². The maximum absolute atomic E-state index is 12.2. The summed E-state index contributed by atoms with van der Waals surface area (Å²) in [4.78, 5) is 14.0. The minimum absolute atomic E-state index is 0.222. The number of carbonyl (C=O) groups excluding carboxylic acids is 1. The van der Waals surface area contributed by atoms with E-state index in [2.05, 4.69) is 0 Å². The summed E-state index contributed by atoms with van der Waals surface area (Å²) in [6, 6.07) is 7.56. The Bertz CT molecular complexity index is 385. The van der Waals surface area contributed by atoms with Crippen molar-refractivity contribution in [2.75, 3.05) is 17.2 Å². The number of nitrogens with zero attached hydrogens (tertiary/aromatic N) is 1. The van der Waals surface area contributed by atoms with Crippen LogP contribution in [0, 0.1) is 5.92 Å². The van der Waals surface area contributed by atoms with Crippen molar-refractivity contribution in [1.29, 1.82) is 0 Å². The molecular weight excluding hydrogens is 200 g/mol. The molecule has 0 bridgehead atoms. The lowest BCUT2D eigenvalue weighted by atomic mass is 9.84. The molecule has 3 nitrogen and oxygen atoms in total. The second-order valence-corrected chi connectivity index (χ2v) is 4.27. The summed E-state index contributed by atoms with van der Waals surface area (Å²) in [6.45, 7) is 2.67. The first kappa shape index (κ1) is 11.0. The number of hydrogen-bond acceptors (Lipinski definition) is 2. The van der Waals surface area contributed by atoms with Gasteiger partial charge in [0.2, 0.25) is 5.91 Å². The molecule has 3 heteroatoms. The average molecular weight is 218 g/mol. The third kappa shape index (κ3) is 1.90. The number of hydrogen-bond donors (Lipinski definition) is 1. The molecule has 0 aliphatic heterocycles. The average Bonchev–Trinajstić information content (AvgIpc) is 2.19. The minimum Gasteiger partial charge on any atom is -0.397 e. The highest BCUT2D eigenvalue weighted by atomic mass is 16.2. The predicted octanol–water partition coefficient (Wildman–Crippen LogP) is 2.42. The molecule has 1 amide bonds. The first-order valence-electron chi connectivity index (χ1n) is 5.90. The van der Waals surface area contributed by atoms with Gasteiger partial charge in [0.1, 0.15) is 0 Å². The number of rotatable bonds is 3. The van der Waals surface area contributed by atoms with Crippen LogP contribution in [0.4, 0.5) is 11.4 Å². The second kappa shape index (κ2) is 4.56. The van der Waals surface area contributed by atoms with Gasteiger partial charge in [-0.3, -0.25) is 4.79 Å². The van der Waals surface area contributed by atoms with Crippen LogP contribution in [-0.4, -0.2) is 12.5 Å². The fourth-order valence-electron chi connectivity index (χ4n) is 2.05. The zero-order valence-electron chi connectivity index (χ0n) is 9.65. The molecule has 16 heavy (non-hydrogen) atoms. The molecule has 0 atom stereocenters. The fourth-order valence-corrected chi connectivity index (χ4v) is 2.05. The van der Waals surface area contributed by atoms with Crippen LogP contribution in [0.2, 0.25) is 0 Å². The quantitative estimate of drug-likeness (QED) is 0.792. The molecular formula is C13H18N2O. The molecule has 0 spiro atoms. The summed E-state index contributed by atoms with van der Waals surface area (Å²) in [6.07, 6.45) is 3.24. The van der Waals surface area contributed by atoms with Gasteiger partial charge in [0, 0.05) is 12.5 Å². The lowest BCUT2D eigenvalue weighted by molar-refractivity contribution is -0.124. The smallest absolute Gasteiger partial charge is 0.230 e. The van der Waals surface area contributed by atoms with Gasteiger partial charge in [0.25, 0.3) is 0 Å². The Labute approximate surface area is 96.2 Å². The molecule has 1 aliphatic rings. The van der Waals surface area contributed by atoms with Crippen molar-refractivity contribution in [1.82, 2.24) is 0 Å². The lowest BCUT2D eigenvalue weighted by Crippen LogP contribution is -2.39. The van der Waals surface area contributed by atoms with Crippen molar-refractivity contribution >= 4 is 17.3 Å². The Hall–Kier alpha value is -1.51. The first-order valence-corrected chi connectivity index (χ1v) is 5.90. The number of nitrogen functional groups attached to an aromatic ring is 1. The van der Waals surface area contributed by atoms with E-state index in [1.165, 1.54) is 6.42 Å². The topological polar surface area (TPSA) is 46.3 Å². The lowest BCUT2D eigenvalue weighted by Gasteiger charge is -2.31. The highest BCUT2D eigenvalue weighted by Crippen LogP contribution is 2.31. The van der Waals surface area contributed by atoms with Gasteiger partial charge in [-0.05, 0) is 31.9 Å². The number of carbonyl (C=O) groups is 1. The van der Waals surface area contributed by atoms with Gasteiger partial charge in [-0.1, -0.05) is 18.6 Å². The molecule has 0 heterocycles. The molecule has 1 saturated carbocycles. The van der Waals surface area contributed by atoms with Crippen molar-refractivity contribution in [3.05, 3.63) is 24.3 Å². The van der Waals surface area contributed by atoms with E-state index in [9.17, 15) is 4.79 Å². The summed E-state index contributed by atoms with van der Waals surface area (Å²) in [5.41, 5.74) is 7.43. The van der Waals surface area contributed by atoms with Crippen LogP contribution in [0.25, 0.3) is 0 Å². The third-order valence-corrected chi connectivity index (χ3v) is 3.26. The standard InChI is InChI=1S/C13H18N2O/c1-2-15(13(16)10-6-5-7-10)12-9-4-3-8-11(12)14/h3-4,8-10H,2,5-7,14H2,1H3. The van der Waals surface area contributed by atoms with Crippen LogP contribution < -0.4 is 10.6 Å². The van der Waals surface area contributed by atoms with Gasteiger partial charge in [-0.15, -0.1) is 0 Å². The number of para-hydroxylation sites is 2. The molecule has 0 unspecified atom stereocenters. The maximum Gasteiger partial charge on any atom is 0.230 e. The second-order valence-electron chi connectivity index (χ2n) is 4.27. The van der Waals surface area contributed by atoms with Gasteiger partial charge in [-0.2, -0.15) is 0 Å². The largest absolute Gasteiger partial charge is 0.397 e. The molecule has 86 valence electrons. The van der Waals surface area contributed by atoms with E-state index in [0.717, 1.165) is 18.5 Å². The fraction of sp³-hybridized carbons (Fsp3) is 0.462. The zero-order valence-corrected chi connectivity index (χ0v) is 9.65. The van der Waals surface area contributed by atoms with E-state index < -0.39 is 0 Å². The Morgan fingerprint density at radius 1 is 1.44 bits per heavy atom. The molecule has 0 saturated heterocycles. The molecule has 0 radical (unpaired) electrons. The Morgan fingerprint density at radius 3 is 2.62 bits per heavy atom. The number of benzene rings is 1. The van der Waals surface area contributed by atoms with E-state index in [1.807, 2.05) is 31.2 Å². The molecule has 2 N–H and O–H groups in total. The number of nitrogens with two attached hydrogens (primary N) is 1. The number of anilines is 2. The minimum atomic E-state index is 0.222. The summed E-state index contributed by atoms with van der Waals surface area (Å²) in [7, 11) is 0. The maximum atomic E-state index is 12.2. The Balaban J connectivity index is 2.21. The summed E-state index contributed by atoms with van der Waals surface area (Å²) in [5, 5.41) is 0. The SMILES string of the molecule is CCN(C(=O)C1CCC1)c1ccccc1N. The van der Waals surface area contributed by atoms with E-state index in [4.69, 9.17) is 5.73 Å². The Kier molecular flexibility index (Phi) is 3.13. The third-order valence-electron chi connectivity index (χ3n) is 3.26. The van der Waals surface area contributed by atoms with Gasteiger partial charge in [0.05, 0.1) is 11.4 Å². The molecule has 1 fully saturated rings. The van der Waals surface area contributed by atoms with E-state index in [0.29, 0.717) is 12.2 Å². The highest BCUT2D eigenvalue weighted by molar-refractivity contribution is 5.98. The Morgan fingerprint density at radius 2 is 2.12 bits per heavy atom. The summed E-state index contributed by atoms with van der Waals surface area (Å²) in [5.74, 6) is 0.450. The summed E-state index contributed by atoms with van der Waals surface area (Å²) < 4.78 is 0. The normalized spacial score (nSPS) is 15.6. The molecule has 1 aromatic carbocycles. The van der Waals surface area contributed by atoms with Crippen LogP contribution in [0.5, 0.6) is 0 Å². The first-order chi connectivity index (χ1) is 7.74. The van der Waals surface area contributed by atoms with Crippen molar-refractivity contribution in [2.45, 2.75) is 26.2 Å². The van der Waals surface area contributed by atoms with E-state index in [-0.39, 0.29) is 11.8 Å². The number of amides is 1. The molecule has 1 aliphatic carbocycles. The predicted molar refractivity (Wildman–Crippen MR) is 66.2 cm³/mol. The molecule has 2 rings (SSSR count). The zero-order chi connectivity index (χ0) is 11.5. The van der Waals surface area contributed by atoms with E-state index in [1.54, 1.807) is 4.90 Å². The monoisotopic (exact) mass is 218 g/mol. The van der Waals surface area contributed by atoms with Crippen LogP contribution in [-0.2, 0) is 4.79 Å². The van der Waals surface area contributed by atoms with Crippen LogP contribution in [0.3, 0.4) is 0 Å². The van der Waals surface area contributed by atoms with Crippen molar-refractivity contribution in [3.8, 4) is 0 Å². The molecule has 0 aromatic heterocycles. The van der Waals surface area contributed by atoms with Crippen molar-refractivity contribution < 1.29 is 4.79 Å². The highest BCUT2D eigenvalue weighted by Gasteiger charge is 2.29. The van der Waals surface area contributed by atoms with Gasteiger partial charge in [0.15, 0.2) is 0 Å². The van der Waals surface area contributed by atoms with Crippen LogP contribution in [0.1, 0.15) is 26.2 Å². The van der Waals surface area contributed by atoms with Crippen LogP contribution in [0.15, 0.2) is 24.3 Å². The summed E-state index contributed by atoms with van der Waals surface area (Å²) >= 11 is 0. The van der Waals surface area contributed by atoms with Gasteiger partial charge in [-0.25, -0.2) is 0 Å². The van der Waals surface area contributed by atoms with Crippen LogP contribution >= 0.6 is 0 Å². The molecule has 1 aromatic rings. The van der Waals surface area contributed by atoms with E-state index >= 15 is 0 Å². The van der Waals surface area contributed by atoms with Crippen molar-refractivity contribution in [2.24, 2.45) is 5.92 Å².